The molecule has 1 saturated carbocycles. The molecule has 3 heterocycles. The maximum Gasteiger partial charge on any atom is 0.336 e. The Morgan fingerprint density at radius 3 is 2.96 bits per heavy atom. The summed E-state index contributed by atoms with van der Waals surface area (Å²) < 4.78 is 6.32. The summed E-state index contributed by atoms with van der Waals surface area (Å²) in [5.41, 5.74) is -1.49. The third kappa shape index (κ3) is 2.52. The summed E-state index contributed by atoms with van der Waals surface area (Å²) in [6.07, 6.45) is 4.10. The van der Waals surface area contributed by atoms with Crippen LogP contribution in [0.2, 0.25) is 0 Å². The van der Waals surface area contributed by atoms with Crippen LogP contribution in [0.1, 0.15) is 18.7 Å². The van der Waals surface area contributed by atoms with E-state index in [4.69, 9.17) is 4.42 Å². The van der Waals surface area contributed by atoms with Gasteiger partial charge in [0, 0.05) is 6.42 Å². The third-order valence-electron chi connectivity index (χ3n) is 3.50. The van der Waals surface area contributed by atoms with Crippen LogP contribution in [0.3, 0.4) is 0 Å². The second kappa shape index (κ2) is 4.90. The van der Waals surface area contributed by atoms with E-state index in [0.717, 1.165) is 23.7 Å². The van der Waals surface area contributed by atoms with Gasteiger partial charge in [0.05, 0.1) is 0 Å². The van der Waals surface area contributed by atoms with Gasteiger partial charge in [0.2, 0.25) is 5.89 Å². The number of nitrogens with one attached hydrogen (secondary N) is 3. The average Bonchev–Trinajstić information content (AvgIpc) is 3.03. The van der Waals surface area contributed by atoms with Crippen LogP contribution in [-0.4, -0.2) is 35.7 Å². The molecular weight excluding hydrogens is 306 g/mol. The van der Waals surface area contributed by atoms with Gasteiger partial charge in [-0.2, -0.15) is 0 Å². The molecule has 0 aliphatic heterocycles. The van der Waals surface area contributed by atoms with Crippen LogP contribution in [0.15, 0.2) is 20.3 Å². The Balaban J connectivity index is 1.60. The Bertz CT molecular complexity index is 1010. The van der Waals surface area contributed by atoms with Crippen molar-refractivity contribution in [1.82, 2.24) is 29.7 Å². The smallest absolute Gasteiger partial charge is 0.336 e. The normalized spacial score (nSPS) is 14.3. The minimum atomic E-state index is -0.735. The van der Waals surface area contributed by atoms with E-state index in [9.17, 15) is 14.4 Å². The molecule has 0 radical (unpaired) electrons. The van der Waals surface area contributed by atoms with Gasteiger partial charge in [0.25, 0.3) is 5.56 Å². The number of hydrogen-bond acceptors (Lipinski definition) is 7. The summed E-state index contributed by atoms with van der Waals surface area (Å²) >= 11 is 0. The van der Waals surface area contributed by atoms with E-state index in [-0.39, 0.29) is 17.2 Å². The molecule has 4 rings (SSSR count). The van der Waals surface area contributed by atoms with Crippen LogP contribution in [0.25, 0.3) is 11.2 Å². The van der Waals surface area contributed by atoms with Gasteiger partial charge in [0.15, 0.2) is 11.2 Å². The Labute approximate surface area is 126 Å². The van der Waals surface area contributed by atoms with Gasteiger partial charge in [-0.1, -0.05) is 5.10 Å². The van der Waals surface area contributed by atoms with Crippen molar-refractivity contribution in [2.24, 2.45) is 5.92 Å². The molecule has 0 bridgehead atoms. The van der Waals surface area contributed by atoms with Gasteiger partial charge in [-0.15, -0.1) is 5.10 Å². The number of aromatic nitrogens is 6. The van der Waals surface area contributed by atoms with Crippen LogP contribution >= 0.6 is 0 Å². The lowest BCUT2D eigenvalue weighted by Gasteiger charge is -2.01. The largest absolute Gasteiger partial charge is 0.408 e. The van der Waals surface area contributed by atoms with Crippen molar-refractivity contribution in [2.45, 2.75) is 19.3 Å². The quantitative estimate of drug-likeness (QED) is 0.606. The standard InChI is InChI=1S/C12H11N7O4/c20-9-7-8(14-10(21)15-9)19(4-13-7)12(22)16-11-18-17-6(23-11)3-5-1-2-5/h4-5H,1-3H2,(H,16,18,22)(H2,14,15,20,21). The predicted molar refractivity (Wildman–Crippen MR) is 76.1 cm³/mol. The first kappa shape index (κ1) is 13.4. The molecule has 3 aromatic heterocycles. The van der Waals surface area contributed by atoms with Gasteiger partial charge >= 0.3 is 17.7 Å². The molecule has 11 nitrogen and oxygen atoms in total. The van der Waals surface area contributed by atoms with Crippen LogP contribution in [0.5, 0.6) is 0 Å². The minimum Gasteiger partial charge on any atom is -0.408 e. The summed E-state index contributed by atoms with van der Waals surface area (Å²) in [5, 5.41) is 9.99. The zero-order valence-electron chi connectivity index (χ0n) is 11.7. The molecule has 0 saturated heterocycles. The second-order valence-corrected chi connectivity index (χ2v) is 5.30. The molecule has 23 heavy (non-hydrogen) atoms. The number of H-pyrrole nitrogens is 2. The number of imidazole rings is 1. The number of rotatable bonds is 3. The fourth-order valence-corrected chi connectivity index (χ4v) is 2.20. The Kier molecular flexibility index (Phi) is 2.86. The fourth-order valence-electron chi connectivity index (χ4n) is 2.20. The first-order valence-corrected chi connectivity index (χ1v) is 6.93. The Morgan fingerprint density at radius 2 is 2.17 bits per heavy atom. The van der Waals surface area contributed by atoms with Gasteiger partial charge < -0.3 is 4.42 Å². The van der Waals surface area contributed by atoms with Gasteiger partial charge in [-0.3, -0.25) is 20.1 Å². The van der Waals surface area contributed by atoms with Crippen molar-refractivity contribution < 1.29 is 9.21 Å². The SMILES string of the molecule is O=C(Nc1nnc(CC2CC2)o1)n1cnc2c(=O)[nH]c(=O)[nH]c21. The summed E-state index contributed by atoms with van der Waals surface area (Å²) in [6.45, 7) is 0. The fraction of sp³-hybridized carbons (Fsp3) is 0.333. The van der Waals surface area contributed by atoms with E-state index < -0.39 is 17.3 Å². The number of nitrogens with zero attached hydrogens (tertiary/aromatic N) is 4. The highest BCUT2D eigenvalue weighted by Gasteiger charge is 2.24. The molecule has 0 spiro atoms. The number of amides is 1. The van der Waals surface area contributed by atoms with Crippen molar-refractivity contribution >= 4 is 23.2 Å². The van der Waals surface area contributed by atoms with Crippen molar-refractivity contribution in [3.63, 3.8) is 0 Å². The van der Waals surface area contributed by atoms with Crippen molar-refractivity contribution in [1.29, 1.82) is 0 Å². The Hall–Kier alpha value is -3.24. The summed E-state index contributed by atoms with van der Waals surface area (Å²) in [4.78, 5) is 43.3. The van der Waals surface area contributed by atoms with Crippen LogP contribution in [-0.2, 0) is 6.42 Å². The second-order valence-electron chi connectivity index (χ2n) is 5.30. The first-order valence-electron chi connectivity index (χ1n) is 6.93. The van der Waals surface area contributed by atoms with Crippen LogP contribution in [0.4, 0.5) is 10.8 Å². The van der Waals surface area contributed by atoms with Crippen molar-refractivity contribution in [3.8, 4) is 0 Å². The predicted octanol–water partition coefficient (Wildman–Crippen LogP) is -0.171. The van der Waals surface area contributed by atoms with Crippen molar-refractivity contribution in [2.75, 3.05) is 5.32 Å². The van der Waals surface area contributed by atoms with E-state index in [1.807, 2.05) is 4.98 Å². The zero-order valence-corrected chi connectivity index (χ0v) is 11.7. The van der Waals surface area contributed by atoms with E-state index in [0.29, 0.717) is 18.2 Å². The molecule has 11 heteroatoms. The minimum absolute atomic E-state index is 0.0195. The summed E-state index contributed by atoms with van der Waals surface area (Å²) in [6, 6.07) is -0.741. The number of fused-ring (bicyclic) bond motifs is 1. The lowest BCUT2D eigenvalue weighted by molar-refractivity contribution is 0.253. The highest BCUT2D eigenvalue weighted by Crippen LogP contribution is 2.32. The maximum atomic E-state index is 12.2. The molecule has 3 aromatic rings. The van der Waals surface area contributed by atoms with E-state index >= 15 is 0 Å². The number of carbonyl (C=O) groups excluding carboxylic acids is 1. The lowest BCUT2D eigenvalue weighted by Crippen LogP contribution is -2.25. The molecule has 3 N–H and O–H groups in total. The lowest BCUT2D eigenvalue weighted by atomic mass is 10.3. The molecule has 0 unspecified atom stereocenters. The van der Waals surface area contributed by atoms with Gasteiger partial charge in [-0.25, -0.2) is 19.1 Å². The highest BCUT2D eigenvalue weighted by atomic mass is 16.4. The number of carbonyl (C=O) groups is 1. The average molecular weight is 317 g/mol. The molecule has 1 amide bonds. The van der Waals surface area contributed by atoms with Crippen LogP contribution in [0, 0.1) is 5.92 Å². The molecule has 1 aliphatic rings. The highest BCUT2D eigenvalue weighted by molar-refractivity contribution is 5.94. The van der Waals surface area contributed by atoms with E-state index in [1.165, 1.54) is 0 Å². The topological polar surface area (TPSA) is 152 Å². The first-order chi connectivity index (χ1) is 11.1. The van der Waals surface area contributed by atoms with E-state index in [1.54, 1.807) is 0 Å². The monoisotopic (exact) mass is 317 g/mol. The van der Waals surface area contributed by atoms with Crippen LogP contribution < -0.4 is 16.6 Å². The maximum absolute atomic E-state index is 12.2. The molecular formula is C12H11N7O4. The molecule has 118 valence electrons. The third-order valence-corrected chi connectivity index (χ3v) is 3.50. The number of aromatic amines is 2. The summed E-state index contributed by atoms with van der Waals surface area (Å²) in [5.74, 6) is 1.04. The molecule has 0 aromatic carbocycles. The molecule has 0 atom stereocenters. The van der Waals surface area contributed by atoms with E-state index in [2.05, 4.69) is 25.5 Å². The zero-order chi connectivity index (χ0) is 16.0. The van der Waals surface area contributed by atoms with Crippen molar-refractivity contribution in [3.05, 3.63) is 33.1 Å². The summed E-state index contributed by atoms with van der Waals surface area (Å²) in [7, 11) is 0. The number of anilines is 1. The Morgan fingerprint density at radius 1 is 1.35 bits per heavy atom. The van der Waals surface area contributed by atoms with Gasteiger partial charge in [-0.05, 0) is 18.8 Å². The molecule has 1 aliphatic carbocycles. The number of hydrogen-bond donors (Lipinski definition) is 3. The van der Waals surface area contributed by atoms with Gasteiger partial charge in [0.1, 0.15) is 6.33 Å². The molecule has 1 fully saturated rings.